The number of aryl methyl sites for hydroxylation is 2. The Hall–Kier alpha value is -1.36. The van der Waals surface area contributed by atoms with Crippen molar-refractivity contribution in [2.45, 2.75) is 39.7 Å². The highest BCUT2D eigenvalue weighted by Gasteiger charge is 2.17. The lowest BCUT2D eigenvalue weighted by molar-refractivity contribution is -0.117. The zero-order valence-electron chi connectivity index (χ0n) is 11.0. The molecule has 0 saturated carbocycles. The van der Waals surface area contributed by atoms with Crippen LogP contribution in [0.3, 0.4) is 0 Å². The van der Waals surface area contributed by atoms with Crippen LogP contribution in [-0.2, 0) is 18.3 Å². The van der Waals surface area contributed by atoms with Crippen LogP contribution in [0.25, 0.3) is 0 Å². The van der Waals surface area contributed by atoms with E-state index in [1.54, 1.807) is 10.9 Å². The van der Waals surface area contributed by atoms with Crippen LogP contribution in [0.1, 0.15) is 32.9 Å². The van der Waals surface area contributed by atoms with Gasteiger partial charge in [0.2, 0.25) is 5.91 Å². The van der Waals surface area contributed by atoms with Gasteiger partial charge in [-0.15, -0.1) is 0 Å². The first-order valence-electron chi connectivity index (χ1n) is 6.03. The van der Waals surface area contributed by atoms with Gasteiger partial charge in [-0.05, 0) is 18.8 Å². The average molecular weight is 238 g/mol. The number of carbonyl (C=O) groups is 1. The van der Waals surface area contributed by atoms with Gasteiger partial charge in [-0.2, -0.15) is 5.10 Å². The van der Waals surface area contributed by atoms with E-state index < -0.39 is 6.04 Å². The highest BCUT2D eigenvalue weighted by Crippen LogP contribution is 2.14. The second-order valence-electron chi connectivity index (χ2n) is 4.74. The number of nitrogens with zero attached hydrogens (tertiary/aromatic N) is 2. The van der Waals surface area contributed by atoms with Crippen LogP contribution in [0.4, 0.5) is 5.69 Å². The third-order valence-electron chi connectivity index (χ3n) is 2.56. The number of nitrogens with two attached hydrogens (primary N) is 1. The summed E-state index contributed by atoms with van der Waals surface area (Å²) in [6.07, 6.45) is 3.28. The number of nitrogens with one attached hydrogen (secondary N) is 1. The fourth-order valence-electron chi connectivity index (χ4n) is 1.74. The van der Waals surface area contributed by atoms with Crippen LogP contribution in [0.5, 0.6) is 0 Å². The Bertz CT molecular complexity index is 384. The van der Waals surface area contributed by atoms with Crippen molar-refractivity contribution in [2.24, 2.45) is 18.7 Å². The molecule has 5 heteroatoms. The van der Waals surface area contributed by atoms with E-state index in [2.05, 4.69) is 24.3 Å². The van der Waals surface area contributed by atoms with Crippen molar-refractivity contribution < 1.29 is 4.79 Å². The number of rotatable bonds is 5. The smallest absolute Gasteiger partial charge is 0.241 e. The van der Waals surface area contributed by atoms with Crippen LogP contribution in [0.15, 0.2) is 6.20 Å². The maximum atomic E-state index is 11.9. The Labute approximate surface area is 102 Å². The minimum Gasteiger partial charge on any atom is -0.322 e. The summed E-state index contributed by atoms with van der Waals surface area (Å²) in [6, 6.07) is -0.458. The fourth-order valence-corrected chi connectivity index (χ4v) is 1.74. The molecule has 1 heterocycles. The van der Waals surface area contributed by atoms with Crippen LogP contribution in [0.2, 0.25) is 0 Å². The van der Waals surface area contributed by atoms with E-state index in [1.807, 2.05) is 14.0 Å². The van der Waals surface area contributed by atoms with Crippen molar-refractivity contribution in [1.29, 1.82) is 0 Å². The first-order chi connectivity index (χ1) is 7.93. The topological polar surface area (TPSA) is 72.9 Å². The highest BCUT2D eigenvalue weighted by atomic mass is 16.2. The molecule has 3 N–H and O–H groups in total. The summed E-state index contributed by atoms with van der Waals surface area (Å²) in [5, 5.41) is 7.10. The molecule has 1 aromatic rings. The van der Waals surface area contributed by atoms with Crippen LogP contribution >= 0.6 is 0 Å². The lowest BCUT2D eigenvalue weighted by atomic mass is 10.0. The summed E-state index contributed by atoms with van der Waals surface area (Å²) in [5.74, 6) is 0.275. The molecule has 1 atom stereocenters. The lowest BCUT2D eigenvalue weighted by Gasteiger charge is -2.13. The number of amides is 1. The van der Waals surface area contributed by atoms with Gasteiger partial charge in [0.25, 0.3) is 0 Å². The molecule has 0 aromatic carbocycles. The van der Waals surface area contributed by atoms with E-state index in [-0.39, 0.29) is 5.91 Å². The Kier molecular flexibility index (Phi) is 4.69. The molecule has 0 saturated heterocycles. The van der Waals surface area contributed by atoms with E-state index in [0.29, 0.717) is 12.3 Å². The van der Waals surface area contributed by atoms with E-state index in [1.165, 1.54) is 0 Å². The van der Waals surface area contributed by atoms with Gasteiger partial charge in [-0.25, -0.2) is 0 Å². The third kappa shape index (κ3) is 3.85. The molecule has 5 nitrogen and oxygen atoms in total. The van der Waals surface area contributed by atoms with E-state index in [0.717, 1.165) is 17.8 Å². The molecular weight excluding hydrogens is 216 g/mol. The van der Waals surface area contributed by atoms with Gasteiger partial charge in [-0.1, -0.05) is 20.8 Å². The molecular formula is C12H22N4O. The Balaban J connectivity index is 2.67. The standard InChI is InChI=1S/C12H22N4O/c1-5-10-11(7-16(4)15-10)14-12(17)9(13)6-8(2)3/h7-9H,5-6,13H2,1-4H3,(H,14,17)/t9-/m1/s1. The van der Waals surface area contributed by atoms with Crippen molar-refractivity contribution in [3.05, 3.63) is 11.9 Å². The second-order valence-corrected chi connectivity index (χ2v) is 4.74. The maximum absolute atomic E-state index is 11.9. The Morgan fingerprint density at radius 2 is 2.24 bits per heavy atom. The van der Waals surface area contributed by atoms with Crippen molar-refractivity contribution in [3.8, 4) is 0 Å². The molecule has 0 aliphatic carbocycles. The van der Waals surface area contributed by atoms with Crippen LogP contribution < -0.4 is 11.1 Å². The monoisotopic (exact) mass is 238 g/mol. The third-order valence-corrected chi connectivity index (χ3v) is 2.56. The Morgan fingerprint density at radius 3 is 2.76 bits per heavy atom. The average Bonchev–Trinajstić information content (AvgIpc) is 2.57. The van der Waals surface area contributed by atoms with Gasteiger partial charge < -0.3 is 11.1 Å². The zero-order valence-corrected chi connectivity index (χ0v) is 11.0. The summed E-state index contributed by atoms with van der Waals surface area (Å²) in [7, 11) is 1.84. The molecule has 96 valence electrons. The number of aromatic nitrogens is 2. The first kappa shape index (κ1) is 13.7. The highest BCUT2D eigenvalue weighted by molar-refractivity contribution is 5.95. The summed E-state index contributed by atoms with van der Waals surface area (Å²) >= 11 is 0. The number of anilines is 1. The predicted octanol–water partition coefficient (Wildman–Crippen LogP) is 1.29. The zero-order chi connectivity index (χ0) is 13.0. The van der Waals surface area contributed by atoms with Gasteiger partial charge in [-0.3, -0.25) is 9.48 Å². The SMILES string of the molecule is CCc1nn(C)cc1NC(=O)[C@H](N)CC(C)C. The van der Waals surface area contributed by atoms with Gasteiger partial charge in [0.15, 0.2) is 0 Å². The quantitative estimate of drug-likeness (QED) is 0.812. The van der Waals surface area contributed by atoms with Gasteiger partial charge in [0.05, 0.1) is 17.4 Å². The molecule has 1 rings (SSSR count). The van der Waals surface area contributed by atoms with Crippen molar-refractivity contribution in [2.75, 3.05) is 5.32 Å². The number of hydrogen-bond donors (Lipinski definition) is 2. The van der Waals surface area contributed by atoms with Crippen molar-refractivity contribution in [1.82, 2.24) is 9.78 Å². The first-order valence-corrected chi connectivity index (χ1v) is 6.03. The summed E-state index contributed by atoms with van der Waals surface area (Å²) in [6.45, 7) is 6.11. The molecule has 1 aromatic heterocycles. The van der Waals surface area contributed by atoms with Gasteiger partial charge in [0, 0.05) is 13.2 Å². The van der Waals surface area contributed by atoms with Crippen molar-refractivity contribution >= 4 is 11.6 Å². The molecule has 0 fully saturated rings. The maximum Gasteiger partial charge on any atom is 0.241 e. The summed E-state index contributed by atoms with van der Waals surface area (Å²) in [4.78, 5) is 11.9. The minimum atomic E-state index is -0.458. The van der Waals surface area contributed by atoms with Crippen LogP contribution in [-0.4, -0.2) is 21.7 Å². The molecule has 0 aliphatic heterocycles. The number of carbonyl (C=O) groups excluding carboxylic acids is 1. The molecule has 0 spiro atoms. The minimum absolute atomic E-state index is 0.138. The second kappa shape index (κ2) is 5.82. The molecule has 0 unspecified atom stereocenters. The van der Waals surface area contributed by atoms with Crippen molar-refractivity contribution in [3.63, 3.8) is 0 Å². The molecule has 1 amide bonds. The van der Waals surface area contributed by atoms with Gasteiger partial charge in [0.1, 0.15) is 0 Å². The molecule has 17 heavy (non-hydrogen) atoms. The fraction of sp³-hybridized carbons (Fsp3) is 0.667. The van der Waals surface area contributed by atoms with Gasteiger partial charge >= 0.3 is 0 Å². The normalized spacial score (nSPS) is 12.8. The molecule has 0 bridgehead atoms. The Morgan fingerprint density at radius 1 is 1.59 bits per heavy atom. The molecule has 0 radical (unpaired) electrons. The van der Waals surface area contributed by atoms with E-state index in [9.17, 15) is 4.79 Å². The largest absolute Gasteiger partial charge is 0.322 e. The number of hydrogen-bond acceptors (Lipinski definition) is 3. The lowest BCUT2D eigenvalue weighted by Crippen LogP contribution is -2.36. The van der Waals surface area contributed by atoms with Crippen LogP contribution in [0, 0.1) is 5.92 Å². The summed E-state index contributed by atoms with van der Waals surface area (Å²) < 4.78 is 1.70. The predicted molar refractivity (Wildman–Crippen MR) is 68.6 cm³/mol. The van der Waals surface area contributed by atoms with E-state index >= 15 is 0 Å². The summed E-state index contributed by atoms with van der Waals surface area (Å²) in [5.41, 5.74) is 7.47. The molecule has 0 aliphatic rings. The van der Waals surface area contributed by atoms with E-state index in [4.69, 9.17) is 5.73 Å².